The van der Waals surface area contributed by atoms with Crippen LogP contribution in [0.5, 0.6) is 5.75 Å². The molecule has 0 saturated carbocycles. The smallest absolute Gasteiger partial charge is 0.196 e. The molecule has 0 aliphatic carbocycles. The van der Waals surface area contributed by atoms with Crippen LogP contribution in [0.25, 0.3) is 22.2 Å². The Balaban J connectivity index is 1.80. The zero-order valence-corrected chi connectivity index (χ0v) is 20.6. The maximum absolute atomic E-state index is 16.1. The number of halogens is 1. The average molecular weight is 468 g/mol. The Labute approximate surface area is 200 Å². The lowest BCUT2D eigenvalue weighted by Crippen LogP contribution is -2.52. The fourth-order valence-corrected chi connectivity index (χ4v) is 4.93. The van der Waals surface area contributed by atoms with Gasteiger partial charge in [0.05, 0.1) is 30.9 Å². The second kappa shape index (κ2) is 9.97. The number of fused-ring (bicyclic) bond motifs is 1. The highest BCUT2D eigenvalue weighted by atomic mass is 19.1. The predicted molar refractivity (Wildman–Crippen MR) is 136 cm³/mol. The molecule has 3 N–H and O–H groups in total. The molecule has 8 nitrogen and oxygen atoms in total. The lowest BCUT2D eigenvalue weighted by atomic mass is 9.96. The quantitative estimate of drug-likeness (QED) is 0.394. The Morgan fingerprint density at radius 2 is 2.12 bits per heavy atom. The van der Waals surface area contributed by atoms with Crippen LogP contribution in [0.4, 0.5) is 16.0 Å². The summed E-state index contributed by atoms with van der Waals surface area (Å²) >= 11 is 0. The van der Waals surface area contributed by atoms with Crippen molar-refractivity contribution in [2.24, 2.45) is 10.7 Å². The number of pyridine rings is 2. The summed E-state index contributed by atoms with van der Waals surface area (Å²) in [6.45, 7) is 12.1. The van der Waals surface area contributed by atoms with Crippen molar-refractivity contribution in [3.8, 4) is 17.0 Å². The molecule has 0 aromatic carbocycles. The van der Waals surface area contributed by atoms with Crippen LogP contribution in [0.15, 0.2) is 23.5 Å². The fourth-order valence-electron chi connectivity index (χ4n) is 4.93. The Bertz CT molecular complexity index is 1190. The SMILES string of the molecule is CCCN1CCN(c2ncc3[nH]c(-c4cnc(N=CN)c(OC)c4)c(C(C)C)c3c2F)[C@H](C)C1. The summed E-state index contributed by atoms with van der Waals surface area (Å²) < 4.78 is 21.6. The van der Waals surface area contributed by atoms with Crippen LogP contribution in [0, 0.1) is 5.82 Å². The van der Waals surface area contributed by atoms with E-state index in [0.717, 1.165) is 49.4 Å². The van der Waals surface area contributed by atoms with Crippen molar-refractivity contribution in [2.45, 2.75) is 46.1 Å². The van der Waals surface area contributed by atoms with Gasteiger partial charge >= 0.3 is 0 Å². The van der Waals surface area contributed by atoms with Gasteiger partial charge in [-0.25, -0.2) is 19.4 Å². The lowest BCUT2D eigenvalue weighted by Gasteiger charge is -2.40. The molecule has 0 radical (unpaired) electrons. The Hall–Kier alpha value is -3.20. The van der Waals surface area contributed by atoms with Crippen molar-refractivity contribution >= 4 is 28.9 Å². The number of nitrogens with one attached hydrogen (secondary N) is 1. The summed E-state index contributed by atoms with van der Waals surface area (Å²) in [6.07, 6.45) is 5.74. The van der Waals surface area contributed by atoms with Crippen LogP contribution in [-0.4, -0.2) is 65.5 Å². The van der Waals surface area contributed by atoms with Crippen molar-refractivity contribution in [3.63, 3.8) is 0 Å². The first-order valence-corrected chi connectivity index (χ1v) is 11.9. The van der Waals surface area contributed by atoms with Crippen molar-refractivity contribution in [1.29, 1.82) is 0 Å². The molecular weight excluding hydrogens is 433 g/mol. The van der Waals surface area contributed by atoms with Gasteiger partial charge in [0.2, 0.25) is 0 Å². The first kappa shape index (κ1) is 23.9. The summed E-state index contributed by atoms with van der Waals surface area (Å²) in [5.41, 5.74) is 8.58. The van der Waals surface area contributed by atoms with Gasteiger partial charge in [-0.2, -0.15) is 0 Å². The summed E-state index contributed by atoms with van der Waals surface area (Å²) in [6, 6.07) is 2.03. The number of rotatable bonds is 7. The molecule has 4 heterocycles. The molecule has 34 heavy (non-hydrogen) atoms. The summed E-state index contributed by atoms with van der Waals surface area (Å²) in [4.78, 5) is 20.9. The number of aromatic nitrogens is 3. The van der Waals surface area contributed by atoms with E-state index in [2.05, 4.69) is 57.4 Å². The minimum Gasteiger partial charge on any atom is -0.493 e. The van der Waals surface area contributed by atoms with Gasteiger partial charge in [-0.05, 0) is 37.4 Å². The van der Waals surface area contributed by atoms with Crippen molar-refractivity contribution in [2.75, 3.05) is 38.2 Å². The van der Waals surface area contributed by atoms with E-state index in [0.29, 0.717) is 28.3 Å². The molecule has 1 atom stereocenters. The van der Waals surface area contributed by atoms with Crippen LogP contribution in [0.3, 0.4) is 0 Å². The van der Waals surface area contributed by atoms with Crippen LogP contribution in [-0.2, 0) is 0 Å². The normalized spacial score (nSPS) is 17.4. The summed E-state index contributed by atoms with van der Waals surface area (Å²) in [7, 11) is 1.56. The predicted octanol–water partition coefficient (Wildman–Crippen LogP) is 4.44. The molecule has 0 unspecified atom stereocenters. The third-order valence-electron chi connectivity index (χ3n) is 6.44. The zero-order valence-electron chi connectivity index (χ0n) is 20.6. The van der Waals surface area contributed by atoms with Gasteiger partial charge in [-0.15, -0.1) is 0 Å². The van der Waals surface area contributed by atoms with E-state index in [9.17, 15) is 0 Å². The number of aromatic amines is 1. The molecule has 3 aromatic heterocycles. The molecule has 4 rings (SSSR count). The number of methoxy groups -OCH3 is 1. The number of aliphatic imine (C=N–C) groups is 1. The highest BCUT2D eigenvalue weighted by Crippen LogP contribution is 2.40. The van der Waals surface area contributed by atoms with E-state index in [1.165, 1.54) is 6.34 Å². The molecule has 9 heteroatoms. The molecule has 1 saturated heterocycles. The number of anilines is 1. The molecule has 1 aliphatic heterocycles. The minimum atomic E-state index is -0.274. The van der Waals surface area contributed by atoms with Gasteiger partial charge in [0.15, 0.2) is 23.2 Å². The van der Waals surface area contributed by atoms with Crippen molar-refractivity contribution in [1.82, 2.24) is 19.9 Å². The highest BCUT2D eigenvalue weighted by Gasteiger charge is 2.29. The zero-order chi connectivity index (χ0) is 24.4. The number of nitrogens with zero attached hydrogens (tertiary/aromatic N) is 5. The van der Waals surface area contributed by atoms with E-state index in [1.54, 1.807) is 19.5 Å². The van der Waals surface area contributed by atoms with Crippen LogP contribution in [0.2, 0.25) is 0 Å². The van der Waals surface area contributed by atoms with Crippen LogP contribution in [0.1, 0.15) is 45.6 Å². The molecule has 0 bridgehead atoms. The van der Waals surface area contributed by atoms with Crippen LogP contribution >= 0.6 is 0 Å². The van der Waals surface area contributed by atoms with E-state index in [4.69, 9.17) is 10.5 Å². The van der Waals surface area contributed by atoms with Gasteiger partial charge < -0.3 is 20.4 Å². The molecule has 3 aromatic rings. The van der Waals surface area contributed by atoms with Gasteiger partial charge in [0, 0.05) is 42.8 Å². The number of piperazine rings is 1. The van der Waals surface area contributed by atoms with Crippen molar-refractivity contribution < 1.29 is 9.13 Å². The molecule has 0 amide bonds. The first-order valence-electron chi connectivity index (χ1n) is 11.9. The minimum absolute atomic E-state index is 0.0695. The standard InChI is InChI=1S/C25H34FN7O/c1-6-7-32-8-9-33(16(4)13-32)25-22(26)21-18(12-29-25)31-23(20(21)15(2)3)17-10-19(34-5)24(28-11-17)30-14-27/h10-12,14-16,31H,6-9,13H2,1-5H3,(H2,27,28,30)/t16-/m1/s1. The molecule has 1 aliphatic rings. The molecule has 182 valence electrons. The Morgan fingerprint density at radius 3 is 2.76 bits per heavy atom. The monoisotopic (exact) mass is 467 g/mol. The van der Waals surface area contributed by atoms with Gasteiger partial charge in [0.1, 0.15) is 0 Å². The number of nitrogens with two attached hydrogens (primary N) is 1. The second-order valence-corrected chi connectivity index (χ2v) is 9.12. The van der Waals surface area contributed by atoms with Gasteiger partial charge in [0.25, 0.3) is 0 Å². The Morgan fingerprint density at radius 1 is 1.32 bits per heavy atom. The summed E-state index contributed by atoms with van der Waals surface area (Å²) in [5, 5.41) is 0.584. The number of hydrogen-bond acceptors (Lipinski definition) is 6. The van der Waals surface area contributed by atoms with E-state index in [-0.39, 0.29) is 17.8 Å². The van der Waals surface area contributed by atoms with E-state index < -0.39 is 0 Å². The van der Waals surface area contributed by atoms with E-state index >= 15 is 4.39 Å². The number of H-pyrrole nitrogens is 1. The Kier molecular flexibility index (Phi) is 7.02. The van der Waals surface area contributed by atoms with E-state index in [1.807, 2.05) is 6.07 Å². The third kappa shape index (κ3) is 4.32. The van der Waals surface area contributed by atoms with Crippen LogP contribution < -0.4 is 15.4 Å². The third-order valence-corrected chi connectivity index (χ3v) is 6.44. The van der Waals surface area contributed by atoms with Gasteiger partial charge in [-0.1, -0.05) is 20.8 Å². The average Bonchev–Trinajstić information content (AvgIpc) is 3.21. The molecular formula is C25H34FN7O. The topological polar surface area (TPSA) is 95.7 Å². The maximum Gasteiger partial charge on any atom is 0.196 e. The second-order valence-electron chi connectivity index (χ2n) is 9.12. The van der Waals surface area contributed by atoms with Crippen molar-refractivity contribution in [3.05, 3.63) is 29.8 Å². The first-order chi connectivity index (χ1) is 16.4. The number of ether oxygens (including phenoxy) is 1. The molecule has 1 fully saturated rings. The van der Waals surface area contributed by atoms with Gasteiger partial charge in [-0.3, -0.25) is 4.90 Å². The largest absolute Gasteiger partial charge is 0.493 e. The fraction of sp³-hybridized carbons (Fsp3) is 0.480. The lowest BCUT2D eigenvalue weighted by molar-refractivity contribution is 0.228. The summed E-state index contributed by atoms with van der Waals surface area (Å²) in [5.74, 6) is 1.10. The maximum atomic E-state index is 16.1. The highest BCUT2D eigenvalue weighted by molar-refractivity contribution is 5.93. The number of hydrogen-bond donors (Lipinski definition) is 2. The molecule has 0 spiro atoms.